The van der Waals surface area contributed by atoms with Crippen LogP contribution in [0.5, 0.6) is 0 Å². The SMILES string of the molecule is CCCCCC(NCCCC(F)(F)F)c1ccccc1. The summed E-state index contributed by atoms with van der Waals surface area (Å²) in [6.45, 7) is 2.56. The predicted octanol–water partition coefficient (Wildman–Crippen LogP) is 5.24. The molecule has 4 heteroatoms. The fourth-order valence-electron chi connectivity index (χ4n) is 2.24. The van der Waals surface area contributed by atoms with Gasteiger partial charge in [-0.2, -0.15) is 13.2 Å². The molecule has 0 fully saturated rings. The zero-order valence-corrected chi connectivity index (χ0v) is 12.0. The molecule has 1 aromatic carbocycles. The van der Waals surface area contributed by atoms with Crippen LogP contribution in [0.25, 0.3) is 0 Å². The Hall–Kier alpha value is -1.03. The van der Waals surface area contributed by atoms with Crippen molar-refractivity contribution in [3.63, 3.8) is 0 Å². The molecule has 20 heavy (non-hydrogen) atoms. The van der Waals surface area contributed by atoms with Crippen LogP contribution in [0.4, 0.5) is 13.2 Å². The summed E-state index contributed by atoms with van der Waals surface area (Å²) < 4.78 is 36.4. The third kappa shape index (κ3) is 7.53. The van der Waals surface area contributed by atoms with Gasteiger partial charge in [-0.25, -0.2) is 0 Å². The molecule has 0 aliphatic rings. The first-order valence-electron chi connectivity index (χ1n) is 7.38. The number of halogens is 3. The van der Waals surface area contributed by atoms with Crippen LogP contribution in [0.1, 0.15) is 57.1 Å². The highest BCUT2D eigenvalue weighted by Crippen LogP contribution is 2.22. The van der Waals surface area contributed by atoms with E-state index in [2.05, 4.69) is 12.2 Å². The minimum atomic E-state index is -4.05. The molecule has 0 aromatic heterocycles. The van der Waals surface area contributed by atoms with Crippen molar-refractivity contribution in [2.24, 2.45) is 0 Å². The average Bonchev–Trinajstić information content (AvgIpc) is 2.41. The second-order valence-electron chi connectivity index (χ2n) is 5.13. The molecule has 0 saturated heterocycles. The fourth-order valence-corrected chi connectivity index (χ4v) is 2.24. The summed E-state index contributed by atoms with van der Waals surface area (Å²) in [5, 5.41) is 3.27. The molecular formula is C16H24F3N. The second-order valence-corrected chi connectivity index (χ2v) is 5.13. The third-order valence-corrected chi connectivity index (χ3v) is 3.33. The van der Waals surface area contributed by atoms with Gasteiger partial charge in [-0.15, -0.1) is 0 Å². The molecule has 1 unspecified atom stereocenters. The van der Waals surface area contributed by atoms with Crippen LogP contribution >= 0.6 is 0 Å². The van der Waals surface area contributed by atoms with Gasteiger partial charge in [0.05, 0.1) is 0 Å². The molecule has 0 aliphatic heterocycles. The first-order valence-corrected chi connectivity index (χ1v) is 7.38. The van der Waals surface area contributed by atoms with E-state index in [1.807, 2.05) is 30.3 Å². The van der Waals surface area contributed by atoms with Gasteiger partial charge in [-0.1, -0.05) is 56.5 Å². The average molecular weight is 287 g/mol. The Bertz CT molecular complexity index is 348. The quantitative estimate of drug-likeness (QED) is 0.612. The van der Waals surface area contributed by atoms with Gasteiger partial charge in [0.2, 0.25) is 0 Å². The van der Waals surface area contributed by atoms with E-state index in [1.165, 1.54) is 0 Å². The van der Waals surface area contributed by atoms with Crippen molar-refractivity contribution in [3.8, 4) is 0 Å². The van der Waals surface area contributed by atoms with Gasteiger partial charge in [0, 0.05) is 12.5 Å². The van der Waals surface area contributed by atoms with Crippen LogP contribution in [0.15, 0.2) is 30.3 Å². The molecule has 0 saturated carbocycles. The van der Waals surface area contributed by atoms with Gasteiger partial charge in [0.15, 0.2) is 0 Å². The number of nitrogens with one attached hydrogen (secondary N) is 1. The predicted molar refractivity (Wildman–Crippen MR) is 76.6 cm³/mol. The Morgan fingerprint density at radius 1 is 1.05 bits per heavy atom. The van der Waals surface area contributed by atoms with Crippen molar-refractivity contribution in [1.29, 1.82) is 0 Å². The molecule has 0 radical (unpaired) electrons. The van der Waals surface area contributed by atoms with E-state index >= 15 is 0 Å². The number of benzene rings is 1. The van der Waals surface area contributed by atoms with Crippen LogP contribution in [-0.2, 0) is 0 Å². The van der Waals surface area contributed by atoms with Crippen LogP contribution in [-0.4, -0.2) is 12.7 Å². The molecule has 1 N–H and O–H groups in total. The molecule has 0 bridgehead atoms. The monoisotopic (exact) mass is 287 g/mol. The Labute approximate surface area is 119 Å². The maximum Gasteiger partial charge on any atom is 0.389 e. The van der Waals surface area contributed by atoms with Crippen molar-refractivity contribution < 1.29 is 13.2 Å². The zero-order valence-electron chi connectivity index (χ0n) is 12.0. The molecule has 1 rings (SSSR count). The van der Waals surface area contributed by atoms with Gasteiger partial charge >= 0.3 is 6.18 Å². The van der Waals surface area contributed by atoms with Crippen LogP contribution in [0, 0.1) is 0 Å². The first-order chi connectivity index (χ1) is 9.53. The summed E-state index contributed by atoms with van der Waals surface area (Å²) in [7, 11) is 0. The summed E-state index contributed by atoms with van der Waals surface area (Å²) in [6, 6.07) is 10.1. The summed E-state index contributed by atoms with van der Waals surface area (Å²) >= 11 is 0. The van der Waals surface area contributed by atoms with Crippen LogP contribution in [0.3, 0.4) is 0 Å². The van der Waals surface area contributed by atoms with E-state index in [4.69, 9.17) is 0 Å². The van der Waals surface area contributed by atoms with Crippen LogP contribution in [0.2, 0.25) is 0 Å². The molecule has 0 amide bonds. The van der Waals surface area contributed by atoms with E-state index < -0.39 is 12.6 Å². The zero-order chi connectivity index (χ0) is 14.8. The van der Waals surface area contributed by atoms with Crippen molar-refractivity contribution in [3.05, 3.63) is 35.9 Å². The largest absolute Gasteiger partial charge is 0.389 e. The molecule has 0 heterocycles. The van der Waals surface area contributed by atoms with E-state index in [1.54, 1.807) is 0 Å². The van der Waals surface area contributed by atoms with Gasteiger partial charge in [0.1, 0.15) is 0 Å². The highest BCUT2D eigenvalue weighted by atomic mass is 19.4. The highest BCUT2D eigenvalue weighted by Gasteiger charge is 2.26. The van der Waals surface area contributed by atoms with Gasteiger partial charge in [-0.3, -0.25) is 0 Å². The topological polar surface area (TPSA) is 12.0 Å². The Morgan fingerprint density at radius 2 is 1.75 bits per heavy atom. The van der Waals surface area contributed by atoms with E-state index in [9.17, 15) is 13.2 Å². The molecule has 0 spiro atoms. The lowest BCUT2D eigenvalue weighted by atomic mass is 10.0. The number of alkyl halides is 3. The maximum absolute atomic E-state index is 12.1. The van der Waals surface area contributed by atoms with Gasteiger partial charge in [0.25, 0.3) is 0 Å². The minimum Gasteiger partial charge on any atom is -0.310 e. The molecular weight excluding hydrogens is 263 g/mol. The van der Waals surface area contributed by atoms with Crippen molar-refractivity contribution in [1.82, 2.24) is 5.32 Å². The number of rotatable bonds is 9. The first kappa shape index (κ1) is 17.0. The minimum absolute atomic E-state index is 0.139. The summed E-state index contributed by atoms with van der Waals surface area (Å²) in [5.41, 5.74) is 1.16. The van der Waals surface area contributed by atoms with Crippen LogP contribution < -0.4 is 5.32 Å². The Morgan fingerprint density at radius 3 is 2.35 bits per heavy atom. The number of hydrogen-bond acceptors (Lipinski definition) is 1. The molecule has 1 nitrogen and oxygen atoms in total. The Kier molecular flexibility index (Phi) is 7.67. The molecule has 1 aromatic rings. The van der Waals surface area contributed by atoms with E-state index in [-0.39, 0.29) is 12.5 Å². The normalized spacial score (nSPS) is 13.4. The maximum atomic E-state index is 12.1. The second kappa shape index (κ2) is 9.01. The molecule has 114 valence electrons. The lowest BCUT2D eigenvalue weighted by Gasteiger charge is -2.19. The lowest BCUT2D eigenvalue weighted by molar-refractivity contribution is -0.135. The van der Waals surface area contributed by atoms with Crippen molar-refractivity contribution >= 4 is 0 Å². The van der Waals surface area contributed by atoms with Crippen molar-refractivity contribution in [2.45, 2.75) is 57.7 Å². The van der Waals surface area contributed by atoms with E-state index in [0.717, 1.165) is 31.2 Å². The number of hydrogen-bond donors (Lipinski definition) is 1. The van der Waals surface area contributed by atoms with Gasteiger partial charge < -0.3 is 5.32 Å². The van der Waals surface area contributed by atoms with Gasteiger partial charge in [-0.05, 0) is 24.9 Å². The standard InChI is InChI=1S/C16H24F3N/c1-2-3-5-11-15(14-9-6-4-7-10-14)20-13-8-12-16(17,18)19/h4,6-7,9-10,15,20H,2-3,5,8,11-13H2,1H3. The highest BCUT2D eigenvalue weighted by molar-refractivity contribution is 5.18. The summed E-state index contributed by atoms with van der Waals surface area (Å²) in [4.78, 5) is 0. The lowest BCUT2D eigenvalue weighted by Crippen LogP contribution is -2.23. The number of unbranched alkanes of at least 4 members (excludes halogenated alkanes) is 2. The fraction of sp³-hybridized carbons (Fsp3) is 0.625. The van der Waals surface area contributed by atoms with E-state index in [0.29, 0.717) is 6.54 Å². The molecule has 1 atom stereocenters. The summed E-state index contributed by atoms with van der Waals surface area (Å²) in [5.74, 6) is 0. The van der Waals surface area contributed by atoms with Crippen molar-refractivity contribution in [2.75, 3.05) is 6.54 Å². The molecule has 0 aliphatic carbocycles. The third-order valence-electron chi connectivity index (χ3n) is 3.33. The summed E-state index contributed by atoms with van der Waals surface area (Å²) in [6.07, 6.45) is -0.238. The Balaban J connectivity index is 2.42. The smallest absolute Gasteiger partial charge is 0.310 e.